The van der Waals surface area contributed by atoms with Gasteiger partial charge in [-0.15, -0.1) is 0 Å². The lowest BCUT2D eigenvalue weighted by Gasteiger charge is -2.17. The van der Waals surface area contributed by atoms with Gasteiger partial charge in [-0.25, -0.2) is 12.8 Å². The van der Waals surface area contributed by atoms with Crippen molar-refractivity contribution in [1.82, 2.24) is 4.72 Å². The number of ether oxygens (including phenoxy) is 1. The molecule has 132 valence electrons. The number of carbonyl (C=O) groups is 1. The van der Waals surface area contributed by atoms with Crippen LogP contribution in [0.2, 0.25) is 0 Å². The van der Waals surface area contributed by atoms with Crippen molar-refractivity contribution in [3.63, 3.8) is 0 Å². The maximum absolute atomic E-state index is 13.7. The largest absolute Gasteiger partial charge is 0.497 e. The topological polar surface area (TPSA) is 75.7 Å². The average Bonchev–Trinajstić information content (AvgIpc) is 2.95. The van der Waals surface area contributed by atoms with Gasteiger partial charge in [-0.1, -0.05) is 12.1 Å². The molecule has 1 heterocycles. The smallest absolute Gasteiger partial charge is 0.245 e. The van der Waals surface area contributed by atoms with Crippen molar-refractivity contribution in [2.24, 2.45) is 0 Å². The highest BCUT2D eigenvalue weighted by Gasteiger charge is 2.36. The van der Waals surface area contributed by atoms with Crippen molar-refractivity contribution >= 4 is 21.6 Å². The summed E-state index contributed by atoms with van der Waals surface area (Å²) in [6, 6.07) is 11.0. The third kappa shape index (κ3) is 3.49. The Morgan fingerprint density at radius 1 is 1.16 bits per heavy atom. The van der Waals surface area contributed by atoms with Gasteiger partial charge in [-0.3, -0.25) is 4.79 Å². The SMILES string of the molecule is COc1ccc(N2CCC(NS(=O)(=O)c3ccccc3F)C2=O)cc1. The standard InChI is InChI=1S/C17H17FN2O4S/c1-24-13-8-6-12(7-9-13)20-11-10-15(17(20)21)19-25(22,23)16-5-3-2-4-14(16)18/h2-9,15,19H,10-11H2,1H3. The summed E-state index contributed by atoms with van der Waals surface area (Å²) in [6.07, 6.45) is 0.304. The number of hydrogen-bond donors (Lipinski definition) is 1. The Labute approximate surface area is 145 Å². The number of hydrogen-bond acceptors (Lipinski definition) is 4. The zero-order chi connectivity index (χ0) is 18.0. The van der Waals surface area contributed by atoms with Crippen LogP contribution in [0.25, 0.3) is 0 Å². The van der Waals surface area contributed by atoms with E-state index in [1.165, 1.54) is 23.1 Å². The second-order valence-electron chi connectivity index (χ2n) is 5.58. The molecule has 1 fully saturated rings. The van der Waals surface area contributed by atoms with Crippen LogP contribution in [0.4, 0.5) is 10.1 Å². The number of benzene rings is 2. The molecule has 1 N–H and O–H groups in total. The van der Waals surface area contributed by atoms with Gasteiger partial charge < -0.3 is 9.64 Å². The summed E-state index contributed by atoms with van der Waals surface area (Å²) < 4.78 is 45.8. The molecule has 0 radical (unpaired) electrons. The van der Waals surface area contributed by atoms with Crippen molar-refractivity contribution in [3.05, 3.63) is 54.3 Å². The highest BCUT2D eigenvalue weighted by atomic mass is 32.2. The van der Waals surface area contributed by atoms with Crippen molar-refractivity contribution in [1.29, 1.82) is 0 Å². The summed E-state index contributed by atoms with van der Waals surface area (Å²) in [5.74, 6) is -0.565. The molecule has 1 atom stereocenters. The maximum Gasteiger partial charge on any atom is 0.245 e. The third-order valence-corrected chi connectivity index (χ3v) is 5.52. The van der Waals surface area contributed by atoms with E-state index in [4.69, 9.17) is 4.74 Å². The van der Waals surface area contributed by atoms with E-state index in [9.17, 15) is 17.6 Å². The monoisotopic (exact) mass is 364 g/mol. The molecule has 0 saturated carbocycles. The lowest BCUT2D eigenvalue weighted by molar-refractivity contribution is -0.118. The predicted octanol–water partition coefficient (Wildman–Crippen LogP) is 1.92. The highest BCUT2D eigenvalue weighted by molar-refractivity contribution is 7.89. The average molecular weight is 364 g/mol. The molecule has 0 aromatic heterocycles. The number of carbonyl (C=O) groups excluding carboxylic acids is 1. The van der Waals surface area contributed by atoms with E-state index < -0.39 is 26.8 Å². The van der Waals surface area contributed by atoms with Crippen LogP contribution >= 0.6 is 0 Å². The first-order valence-corrected chi connectivity index (χ1v) is 9.13. The molecule has 1 amide bonds. The Kier molecular flexibility index (Phi) is 4.73. The van der Waals surface area contributed by atoms with Crippen LogP contribution in [0.5, 0.6) is 5.75 Å². The summed E-state index contributed by atoms with van der Waals surface area (Å²) in [4.78, 5) is 13.6. The molecule has 3 rings (SSSR count). The number of rotatable bonds is 5. The first-order chi connectivity index (χ1) is 11.9. The van der Waals surface area contributed by atoms with Gasteiger partial charge in [-0.2, -0.15) is 4.72 Å². The van der Waals surface area contributed by atoms with E-state index >= 15 is 0 Å². The Balaban J connectivity index is 1.77. The summed E-state index contributed by atoms with van der Waals surface area (Å²) >= 11 is 0. The van der Waals surface area contributed by atoms with E-state index in [1.807, 2.05) is 0 Å². The van der Waals surface area contributed by atoms with Gasteiger partial charge in [-0.05, 0) is 42.8 Å². The molecule has 1 aliphatic heterocycles. The Hall–Kier alpha value is -2.45. The van der Waals surface area contributed by atoms with Crippen LogP contribution in [-0.2, 0) is 14.8 Å². The molecule has 0 aliphatic carbocycles. The van der Waals surface area contributed by atoms with Crippen LogP contribution < -0.4 is 14.4 Å². The number of nitrogens with zero attached hydrogens (tertiary/aromatic N) is 1. The third-order valence-electron chi connectivity index (χ3n) is 4.01. The summed E-state index contributed by atoms with van der Waals surface area (Å²) in [5.41, 5.74) is 0.651. The van der Waals surface area contributed by atoms with Crippen molar-refractivity contribution in [2.45, 2.75) is 17.4 Å². The zero-order valence-corrected chi connectivity index (χ0v) is 14.3. The Morgan fingerprint density at radius 3 is 2.48 bits per heavy atom. The van der Waals surface area contributed by atoms with Crippen LogP contribution in [0.3, 0.4) is 0 Å². The number of sulfonamides is 1. The molecule has 1 unspecified atom stereocenters. The molecule has 0 bridgehead atoms. The van der Waals surface area contributed by atoms with Crippen molar-refractivity contribution in [2.75, 3.05) is 18.6 Å². The van der Waals surface area contributed by atoms with Gasteiger partial charge >= 0.3 is 0 Å². The lowest BCUT2D eigenvalue weighted by atomic mass is 10.2. The summed E-state index contributed by atoms with van der Waals surface area (Å²) in [6.45, 7) is 0.371. The minimum Gasteiger partial charge on any atom is -0.497 e. The minimum atomic E-state index is -4.12. The van der Waals surface area contributed by atoms with Gasteiger partial charge in [0.05, 0.1) is 7.11 Å². The molecular weight excluding hydrogens is 347 g/mol. The molecule has 2 aromatic rings. The number of amides is 1. The second-order valence-corrected chi connectivity index (χ2v) is 7.26. The summed E-state index contributed by atoms with van der Waals surface area (Å²) in [7, 11) is -2.57. The number of nitrogens with one attached hydrogen (secondary N) is 1. The van der Waals surface area contributed by atoms with Crippen LogP contribution in [0.15, 0.2) is 53.4 Å². The van der Waals surface area contributed by atoms with Gasteiger partial charge in [0, 0.05) is 12.2 Å². The fraction of sp³-hybridized carbons (Fsp3) is 0.235. The fourth-order valence-corrected chi connectivity index (χ4v) is 4.02. The van der Waals surface area contributed by atoms with Crippen molar-refractivity contribution < 1.29 is 22.3 Å². The Bertz CT molecular complexity index is 884. The zero-order valence-electron chi connectivity index (χ0n) is 13.5. The molecule has 1 aliphatic rings. The van der Waals surface area contributed by atoms with Crippen molar-refractivity contribution in [3.8, 4) is 5.75 Å². The molecule has 2 aromatic carbocycles. The fourth-order valence-electron chi connectivity index (χ4n) is 2.72. The van der Waals surface area contributed by atoms with E-state index in [-0.39, 0.29) is 5.91 Å². The van der Waals surface area contributed by atoms with Gasteiger partial charge in [0.2, 0.25) is 15.9 Å². The quantitative estimate of drug-likeness (QED) is 0.880. The predicted molar refractivity (Wildman–Crippen MR) is 90.5 cm³/mol. The molecule has 25 heavy (non-hydrogen) atoms. The Morgan fingerprint density at radius 2 is 1.84 bits per heavy atom. The number of anilines is 1. The molecule has 1 saturated heterocycles. The minimum absolute atomic E-state index is 0.304. The van der Waals surface area contributed by atoms with Gasteiger partial charge in [0.25, 0.3) is 0 Å². The van der Waals surface area contributed by atoms with E-state index in [1.54, 1.807) is 31.4 Å². The number of halogens is 1. The highest BCUT2D eigenvalue weighted by Crippen LogP contribution is 2.25. The van der Waals surface area contributed by atoms with E-state index in [0.717, 1.165) is 6.07 Å². The molecule has 8 heteroatoms. The van der Waals surface area contributed by atoms with Crippen LogP contribution in [0.1, 0.15) is 6.42 Å². The molecule has 0 spiro atoms. The first-order valence-electron chi connectivity index (χ1n) is 7.64. The molecular formula is C17H17FN2O4S. The van der Waals surface area contributed by atoms with Crippen LogP contribution in [-0.4, -0.2) is 34.0 Å². The van der Waals surface area contributed by atoms with Gasteiger partial charge in [0.15, 0.2) is 0 Å². The maximum atomic E-state index is 13.7. The normalized spacial score (nSPS) is 17.8. The van der Waals surface area contributed by atoms with Crippen LogP contribution in [0, 0.1) is 5.82 Å². The number of methoxy groups -OCH3 is 1. The lowest BCUT2D eigenvalue weighted by Crippen LogP contribution is -2.41. The summed E-state index contributed by atoms with van der Waals surface area (Å²) in [5, 5.41) is 0. The van der Waals surface area contributed by atoms with Gasteiger partial charge in [0.1, 0.15) is 22.5 Å². The first kappa shape index (κ1) is 17.4. The van der Waals surface area contributed by atoms with E-state index in [0.29, 0.717) is 24.4 Å². The molecule has 6 nitrogen and oxygen atoms in total. The van der Waals surface area contributed by atoms with E-state index in [2.05, 4.69) is 4.72 Å². The second kappa shape index (κ2) is 6.81.